The normalized spacial score (nSPS) is 11.6. The number of nitriles is 1. The van der Waals surface area contributed by atoms with Crippen LogP contribution in [0.25, 0.3) is 111 Å². The highest BCUT2D eigenvalue weighted by Gasteiger charge is 2.26. The van der Waals surface area contributed by atoms with Gasteiger partial charge in [0.2, 0.25) is 0 Å². The maximum Gasteiger partial charge on any atom is 0.133 e. The zero-order valence-corrected chi connectivity index (χ0v) is 42.8. The molecule has 2 aromatic heterocycles. The molecule has 3 nitrogen and oxygen atoms in total. The van der Waals surface area contributed by atoms with Crippen LogP contribution in [0.3, 0.4) is 0 Å². The van der Waals surface area contributed by atoms with Crippen LogP contribution in [0.2, 0.25) is 0 Å². The monoisotopic (exact) mass is 961 g/mol. The van der Waals surface area contributed by atoms with E-state index in [1.54, 1.807) is 0 Å². The van der Waals surface area contributed by atoms with Gasteiger partial charge < -0.3 is 9.13 Å². The number of rotatable bonds is 7. The summed E-state index contributed by atoms with van der Waals surface area (Å²) in [5.74, 6) is -1.39. The summed E-state index contributed by atoms with van der Waals surface area (Å²) in [5, 5.41) is 16.0. The SMILES string of the molecule is Cc1cc(C)cc(-c2ccc3c4ccc(-c5cc(C)cc(C)c5)cc4n(-c4cc(-c5c(F)cccc5F)cc(-n5c6cc(-c7cc(C)cc(C)c7)ccc6c6ccc(-c7cc(C)cc(C)c7)cc65)c4C#N)c3c2)c1. The molecule has 0 amide bonds. The Morgan fingerprint density at radius 2 is 0.581 bits per heavy atom. The van der Waals surface area contributed by atoms with Crippen LogP contribution >= 0.6 is 0 Å². The number of benzene rings is 10. The van der Waals surface area contributed by atoms with Crippen molar-refractivity contribution in [3.8, 4) is 73.1 Å². The first kappa shape index (κ1) is 46.2. The molecule has 0 bridgehead atoms. The highest BCUT2D eigenvalue weighted by Crippen LogP contribution is 2.44. The Kier molecular flexibility index (Phi) is 11.1. The summed E-state index contributed by atoms with van der Waals surface area (Å²) in [4.78, 5) is 0. The van der Waals surface area contributed by atoms with Crippen LogP contribution in [0.4, 0.5) is 8.78 Å². The van der Waals surface area contributed by atoms with E-state index in [1.807, 2.05) is 12.1 Å². The van der Waals surface area contributed by atoms with Gasteiger partial charge in [0.15, 0.2) is 0 Å². The molecule has 2 heterocycles. The highest BCUT2D eigenvalue weighted by molar-refractivity contribution is 6.13. The van der Waals surface area contributed by atoms with Gasteiger partial charge in [0.1, 0.15) is 23.3 Å². The Hall–Kier alpha value is -8.85. The summed E-state index contributed by atoms with van der Waals surface area (Å²) in [7, 11) is 0. The lowest BCUT2D eigenvalue weighted by Crippen LogP contribution is -2.06. The first-order valence-electron chi connectivity index (χ1n) is 25.2. The molecule has 0 N–H and O–H groups in total. The summed E-state index contributed by atoms with van der Waals surface area (Å²) in [5.41, 5.74) is 22.5. The Labute approximate surface area is 430 Å². The van der Waals surface area contributed by atoms with Crippen molar-refractivity contribution in [1.29, 1.82) is 5.26 Å². The second-order valence-electron chi connectivity index (χ2n) is 20.7. The van der Waals surface area contributed by atoms with Crippen LogP contribution in [-0.2, 0) is 0 Å². The number of halogens is 2. The van der Waals surface area contributed by atoms with Gasteiger partial charge in [0.25, 0.3) is 0 Å². The second-order valence-corrected chi connectivity index (χ2v) is 20.7. The van der Waals surface area contributed by atoms with Gasteiger partial charge in [-0.1, -0.05) is 172 Å². The van der Waals surface area contributed by atoms with Gasteiger partial charge in [-0.05, 0) is 154 Å². The fourth-order valence-electron chi connectivity index (χ4n) is 11.8. The zero-order valence-electron chi connectivity index (χ0n) is 42.8. The van der Waals surface area contributed by atoms with Gasteiger partial charge in [-0.15, -0.1) is 0 Å². The third-order valence-electron chi connectivity index (χ3n) is 14.7. The minimum atomic E-state index is -0.695. The van der Waals surface area contributed by atoms with Crippen molar-refractivity contribution in [1.82, 2.24) is 9.13 Å². The minimum absolute atomic E-state index is 0.167. The van der Waals surface area contributed by atoms with Gasteiger partial charge in [-0.25, -0.2) is 8.78 Å². The summed E-state index contributed by atoms with van der Waals surface area (Å²) >= 11 is 0. The minimum Gasteiger partial charge on any atom is -0.308 e. The van der Waals surface area contributed by atoms with Crippen LogP contribution in [0.1, 0.15) is 50.1 Å². The van der Waals surface area contributed by atoms with E-state index in [1.165, 1.54) is 18.2 Å². The third-order valence-corrected chi connectivity index (χ3v) is 14.7. The number of hydrogen-bond acceptors (Lipinski definition) is 1. The smallest absolute Gasteiger partial charge is 0.133 e. The van der Waals surface area contributed by atoms with Crippen molar-refractivity contribution in [3.63, 3.8) is 0 Å². The average molecular weight is 962 g/mol. The number of aryl methyl sites for hydroxylation is 8. The van der Waals surface area contributed by atoms with Crippen molar-refractivity contribution >= 4 is 43.6 Å². The van der Waals surface area contributed by atoms with Crippen LogP contribution in [-0.4, -0.2) is 9.13 Å². The third kappa shape index (κ3) is 7.95. The van der Waals surface area contributed by atoms with E-state index in [-0.39, 0.29) is 5.56 Å². The largest absolute Gasteiger partial charge is 0.308 e. The van der Waals surface area contributed by atoms with Crippen molar-refractivity contribution in [3.05, 3.63) is 238 Å². The Balaban J connectivity index is 1.25. The van der Waals surface area contributed by atoms with Crippen molar-refractivity contribution in [2.75, 3.05) is 0 Å². The molecule has 0 spiro atoms. The quantitative estimate of drug-likeness (QED) is 0.157. The maximum atomic E-state index is 16.6. The lowest BCUT2D eigenvalue weighted by molar-refractivity contribution is 0.589. The van der Waals surface area contributed by atoms with Crippen LogP contribution in [0.5, 0.6) is 0 Å². The lowest BCUT2D eigenvalue weighted by atomic mass is 9.98. The van der Waals surface area contributed by atoms with Gasteiger partial charge in [0, 0.05) is 21.5 Å². The Bertz CT molecular complexity index is 3820. The predicted molar refractivity (Wildman–Crippen MR) is 305 cm³/mol. The average Bonchev–Trinajstić information content (AvgIpc) is 3.86. The molecule has 10 aromatic carbocycles. The van der Waals surface area contributed by atoms with E-state index in [4.69, 9.17) is 0 Å². The molecule has 0 aliphatic carbocycles. The summed E-state index contributed by atoms with van der Waals surface area (Å²) in [6.45, 7) is 16.9. The predicted octanol–water partition coefficient (Wildman–Crippen LogP) is 18.8. The Morgan fingerprint density at radius 3 is 0.838 bits per heavy atom. The number of hydrogen-bond donors (Lipinski definition) is 0. The van der Waals surface area contributed by atoms with E-state index in [9.17, 15) is 5.26 Å². The fourth-order valence-corrected chi connectivity index (χ4v) is 11.8. The molecule has 0 fully saturated rings. The van der Waals surface area contributed by atoms with Crippen molar-refractivity contribution in [2.24, 2.45) is 0 Å². The van der Waals surface area contributed by atoms with E-state index >= 15 is 8.78 Å². The molecule has 0 radical (unpaired) electrons. The summed E-state index contributed by atoms with van der Waals surface area (Å²) in [6, 6.07) is 62.7. The fraction of sp³-hybridized carbons (Fsp3) is 0.116. The topological polar surface area (TPSA) is 33.6 Å². The molecular weight excluding hydrogens is 909 g/mol. The second kappa shape index (κ2) is 17.7. The van der Waals surface area contributed by atoms with Crippen molar-refractivity contribution < 1.29 is 8.78 Å². The van der Waals surface area contributed by atoms with E-state index < -0.39 is 11.6 Å². The standard InChI is InChI=1S/C69H53F2N3/c1-39-20-40(2)25-51(24-39)47-12-16-56-57-17-13-48(52-26-41(3)21-42(4)27-52)33-64(57)73(63(56)32-47)67-36-55(69-61(70)10-9-11-62(69)71)37-68(60(67)38-72)74-65-34-49(53-28-43(5)22-44(6)29-53)14-18-58(65)59-19-15-50(35-66(59)74)54-30-45(7)23-46(8)31-54/h9-37H,1-8H3. The van der Waals surface area contributed by atoms with Crippen LogP contribution < -0.4 is 0 Å². The molecule has 12 aromatic rings. The molecule has 0 aliphatic heterocycles. The summed E-state index contributed by atoms with van der Waals surface area (Å²) in [6.07, 6.45) is 0. The molecule has 0 unspecified atom stereocenters. The molecule has 0 aliphatic rings. The van der Waals surface area contributed by atoms with Crippen LogP contribution in [0.15, 0.2) is 176 Å². The van der Waals surface area contributed by atoms with Gasteiger partial charge in [-0.2, -0.15) is 5.26 Å². The zero-order chi connectivity index (χ0) is 51.3. The molecule has 0 saturated carbocycles. The molecule has 12 rings (SSSR count). The molecular formula is C69H53F2N3. The molecule has 74 heavy (non-hydrogen) atoms. The van der Waals surface area contributed by atoms with E-state index in [2.05, 4.69) is 216 Å². The molecule has 0 saturated heterocycles. The van der Waals surface area contributed by atoms with E-state index in [0.717, 1.165) is 133 Å². The molecule has 358 valence electrons. The summed E-state index contributed by atoms with van der Waals surface area (Å²) < 4.78 is 37.5. The number of fused-ring (bicyclic) bond motifs is 6. The number of nitrogens with zero attached hydrogens (tertiary/aromatic N) is 3. The maximum absolute atomic E-state index is 16.6. The van der Waals surface area contributed by atoms with Crippen molar-refractivity contribution in [2.45, 2.75) is 55.4 Å². The first-order valence-corrected chi connectivity index (χ1v) is 25.2. The van der Waals surface area contributed by atoms with Crippen LogP contribution in [0, 0.1) is 78.4 Å². The van der Waals surface area contributed by atoms with Gasteiger partial charge >= 0.3 is 0 Å². The lowest BCUT2D eigenvalue weighted by Gasteiger charge is -2.19. The highest BCUT2D eigenvalue weighted by atomic mass is 19.1. The Morgan fingerprint density at radius 1 is 0.311 bits per heavy atom. The molecule has 5 heteroatoms. The molecule has 0 atom stereocenters. The van der Waals surface area contributed by atoms with Gasteiger partial charge in [0.05, 0.1) is 39.0 Å². The van der Waals surface area contributed by atoms with Gasteiger partial charge in [-0.3, -0.25) is 0 Å². The number of aromatic nitrogens is 2. The van der Waals surface area contributed by atoms with E-state index in [0.29, 0.717) is 22.5 Å². The first-order chi connectivity index (χ1) is 35.7.